The summed E-state index contributed by atoms with van der Waals surface area (Å²) in [5.41, 5.74) is -2.22. The van der Waals surface area contributed by atoms with Crippen LogP contribution in [0.4, 0.5) is 13.2 Å². The van der Waals surface area contributed by atoms with E-state index >= 15 is 0 Å². The highest BCUT2D eigenvalue weighted by molar-refractivity contribution is 5.53. The first kappa shape index (κ1) is 12.0. The topological polar surface area (TPSA) is 49.7 Å². The van der Waals surface area contributed by atoms with Gasteiger partial charge in [0.05, 0.1) is 23.8 Å². The van der Waals surface area contributed by atoms with Gasteiger partial charge in [0.15, 0.2) is 0 Å². The normalized spacial score (nSPS) is 17.9. The molecule has 0 aliphatic heterocycles. The molecule has 1 aliphatic rings. The number of benzene rings is 1. The molecule has 94 valence electrons. The van der Waals surface area contributed by atoms with E-state index in [4.69, 9.17) is 4.74 Å². The van der Waals surface area contributed by atoms with Crippen molar-refractivity contribution in [3.8, 4) is 11.5 Å². The molecule has 0 spiro atoms. The quantitative estimate of drug-likeness (QED) is 0.844. The highest BCUT2D eigenvalue weighted by atomic mass is 19.4. The van der Waals surface area contributed by atoms with Crippen LogP contribution in [0, 0.1) is 0 Å². The fourth-order valence-corrected chi connectivity index (χ4v) is 1.76. The van der Waals surface area contributed by atoms with Crippen LogP contribution in [0.15, 0.2) is 12.1 Å². The Morgan fingerprint density at radius 3 is 2.29 bits per heavy atom. The van der Waals surface area contributed by atoms with Crippen molar-refractivity contribution in [2.75, 3.05) is 7.11 Å². The summed E-state index contributed by atoms with van der Waals surface area (Å²) in [4.78, 5) is 0. The zero-order valence-corrected chi connectivity index (χ0v) is 9.01. The lowest BCUT2D eigenvalue weighted by Gasteiger charge is -2.17. The summed E-state index contributed by atoms with van der Waals surface area (Å²) >= 11 is 0. The van der Waals surface area contributed by atoms with Crippen molar-refractivity contribution in [2.45, 2.75) is 24.6 Å². The second-order valence-corrected chi connectivity index (χ2v) is 4.10. The van der Waals surface area contributed by atoms with Gasteiger partial charge in [0.2, 0.25) is 0 Å². The summed E-state index contributed by atoms with van der Waals surface area (Å²) in [5.74, 6) is -0.728. The maximum absolute atomic E-state index is 12.5. The molecule has 1 fully saturated rings. The third-order valence-electron chi connectivity index (χ3n) is 2.82. The van der Waals surface area contributed by atoms with Gasteiger partial charge in [-0.15, -0.1) is 0 Å². The predicted octanol–water partition coefficient (Wildman–Crippen LogP) is 2.40. The Morgan fingerprint density at radius 1 is 1.29 bits per heavy atom. The molecule has 0 unspecified atom stereocenters. The molecule has 0 radical (unpaired) electrons. The number of phenolic OH excluding ortho intramolecular Hbond substituents is 1. The average molecular weight is 248 g/mol. The molecule has 1 saturated carbocycles. The van der Waals surface area contributed by atoms with Crippen LogP contribution in [-0.2, 0) is 11.8 Å². The van der Waals surface area contributed by atoms with Gasteiger partial charge >= 0.3 is 6.18 Å². The third kappa shape index (κ3) is 2.04. The van der Waals surface area contributed by atoms with Gasteiger partial charge in [-0.05, 0) is 25.0 Å². The Morgan fingerprint density at radius 2 is 1.88 bits per heavy atom. The van der Waals surface area contributed by atoms with Crippen molar-refractivity contribution in [1.82, 2.24) is 0 Å². The summed E-state index contributed by atoms with van der Waals surface area (Å²) in [6.45, 7) is 0. The number of rotatable bonds is 2. The van der Waals surface area contributed by atoms with E-state index in [2.05, 4.69) is 0 Å². The number of hydrogen-bond donors (Lipinski definition) is 2. The van der Waals surface area contributed by atoms with Crippen molar-refractivity contribution in [2.24, 2.45) is 0 Å². The fourth-order valence-electron chi connectivity index (χ4n) is 1.76. The summed E-state index contributed by atoms with van der Waals surface area (Å²) in [7, 11) is 1.20. The molecule has 0 amide bonds. The molecule has 3 nitrogen and oxygen atoms in total. The molecule has 2 N–H and O–H groups in total. The first-order valence-electron chi connectivity index (χ1n) is 4.99. The first-order valence-corrected chi connectivity index (χ1v) is 4.99. The van der Waals surface area contributed by atoms with Crippen LogP contribution in [0.2, 0.25) is 0 Å². The Balaban J connectivity index is 2.56. The van der Waals surface area contributed by atoms with E-state index in [1.165, 1.54) is 7.11 Å². The van der Waals surface area contributed by atoms with Crippen LogP contribution in [0.25, 0.3) is 0 Å². The van der Waals surface area contributed by atoms with E-state index in [-0.39, 0.29) is 11.3 Å². The maximum Gasteiger partial charge on any atom is 0.416 e. The largest absolute Gasteiger partial charge is 0.507 e. The molecule has 1 aliphatic carbocycles. The highest BCUT2D eigenvalue weighted by Gasteiger charge is 2.47. The van der Waals surface area contributed by atoms with E-state index in [0.29, 0.717) is 18.9 Å². The SMILES string of the molecule is COc1cc(C(F)(F)F)cc(O)c1C1(O)CC1. The molecule has 0 aromatic heterocycles. The molecule has 0 heterocycles. The van der Waals surface area contributed by atoms with Crippen molar-refractivity contribution in [3.63, 3.8) is 0 Å². The van der Waals surface area contributed by atoms with E-state index in [0.717, 1.165) is 6.07 Å². The number of hydrogen-bond acceptors (Lipinski definition) is 3. The minimum Gasteiger partial charge on any atom is -0.507 e. The number of halogens is 3. The highest BCUT2D eigenvalue weighted by Crippen LogP contribution is 2.53. The van der Waals surface area contributed by atoms with Gasteiger partial charge in [0, 0.05) is 0 Å². The summed E-state index contributed by atoms with van der Waals surface area (Å²) in [6, 6.07) is 1.39. The maximum atomic E-state index is 12.5. The Hall–Kier alpha value is -1.43. The molecule has 2 rings (SSSR count). The molecule has 6 heteroatoms. The smallest absolute Gasteiger partial charge is 0.416 e. The van der Waals surface area contributed by atoms with Crippen LogP contribution in [0.1, 0.15) is 24.0 Å². The zero-order valence-electron chi connectivity index (χ0n) is 9.01. The van der Waals surface area contributed by atoms with Gasteiger partial charge < -0.3 is 14.9 Å². The van der Waals surface area contributed by atoms with Crippen molar-refractivity contribution < 1.29 is 28.1 Å². The van der Waals surface area contributed by atoms with E-state index in [1.54, 1.807) is 0 Å². The Labute approximate surface area is 95.4 Å². The lowest BCUT2D eigenvalue weighted by molar-refractivity contribution is -0.137. The molecule has 0 bridgehead atoms. The van der Waals surface area contributed by atoms with Gasteiger partial charge in [-0.25, -0.2) is 0 Å². The van der Waals surface area contributed by atoms with Gasteiger partial charge in [-0.1, -0.05) is 0 Å². The van der Waals surface area contributed by atoms with E-state index in [9.17, 15) is 23.4 Å². The molecular formula is C11H11F3O3. The third-order valence-corrected chi connectivity index (χ3v) is 2.82. The van der Waals surface area contributed by atoms with Crippen LogP contribution in [-0.4, -0.2) is 17.3 Å². The number of phenols is 1. The van der Waals surface area contributed by atoms with Crippen LogP contribution in [0.5, 0.6) is 11.5 Å². The minimum atomic E-state index is -4.56. The van der Waals surface area contributed by atoms with Gasteiger partial charge in [-0.2, -0.15) is 13.2 Å². The van der Waals surface area contributed by atoms with Crippen LogP contribution < -0.4 is 4.74 Å². The van der Waals surface area contributed by atoms with Crippen molar-refractivity contribution >= 4 is 0 Å². The van der Waals surface area contributed by atoms with Crippen molar-refractivity contribution in [3.05, 3.63) is 23.3 Å². The minimum absolute atomic E-state index is 0.0352. The molecule has 0 saturated heterocycles. The van der Waals surface area contributed by atoms with Crippen LogP contribution >= 0.6 is 0 Å². The van der Waals surface area contributed by atoms with Gasteiger partial charge in [0.1, 0.15) is 11.5 Å². The molecular weight excluding hydrogens is 237 g/mol. The second-order valence-electron chi connectivity index (χ2n) is 4.10. The van der Waals surface area contributed by atoms with Crippen LogP contribution in [0.3, 0.4) is 0 Å². The Bertz CT molecular complexity index is 450. The molecule has 17 heavy (non-hydrogen) atoms. The summed E-state index contributed by atoms with van der Waals surface area (Å²) in [6.07, 6.45) is -3.75. The lowest BCUT2D eigenvalue weighted by atomic mass is 10.0. The standard InChI is InChI=1S/C11H11F3O3/c1-17-8-5-6(11(12,13)14)4-7(15)9(8)10(16)2-3-10/h4-5,15-16H,2-3H2,1H3. The van der Waals surface area contributed by atoms with Gasteiger partial charge in [0.25, 0.3) is 0 Å². The van der Waals surface area contributed by atoms with Gasteiger partial charge in [-0.3, -0.25) is 0 Å². The molecule has 1 aromatic rings. The summed E-state index contributed by atoms with van der Waals surface area (Å²) < 4.78 is 42.3. The monoisotopic (exact) mass is 248 g/mol. The fraction of sp³-hybridized carbons (Fsp3) is 0.455. The zero-order chi connectivity index (χ0) is 12.8. The summed E-state index contributed by atoms with van der Waals surface area (Å²) in [5, 5.41) is 19.5. The number of aromatic hydroxyl groups is 1. The number of alkyl halides is 3. The molecule has 0 atom stereocenters. The van der Waals surface area contributed by atoms with E-state index < -0.39 is 23.1 Å². The number of ether oxygens (including phenoxy) is 1. The lowest BCUT2D eigenvalue weighted by Crippen LogP contribution is -2.11. The predicted molar refractivity (Wildman–Crippen MR) is 52.8 cm³/mol. The molecule has 1 aromatic carbocycles. The number of methoxy groups -OCH3 is 1. The number of aliphatic hydroxyl groups is 1. The van der Waals surface area contributed by atoms with E-state index in [1.807, 2.05) is 0 Å². The second kappa shape index (κ2) is 3.53. The van der Waals surface area contributed by atoms with Crippen molar-refractivity contribution in [1.29, 1.82) is 0 Å². The average Bonchev–Trinajstić information content (AvgIpc) is 2.94. The first-order chi connectivity index (χ1) is 7.78. The Kier molecular flexibility index (Phi) is 2.50.